The van der Waals surface area contributed by atoms with E-state index in [0.717, 1.165) is 12.8 Å². The van der Waals surface area contributed by atoms with Crippen molar-refractivity contribution in [2.24, 2.45) is 5.73 Å². The number of nitrogens with two attached hydrogens (primary N) is 1. The molecule has 0 radical (unpaired) electrons. The Morgan fingerprint density at radius 2 is 2.20 bits per heavy atom. The van der Waals surface area contributed by atoms with Gasteiger partial charge in [0, 0.05) is 6.54 Å². The molecule has 0 atom stereocenters. The van der Waals surface area contributed by atoms with Crippen molar-refractivity contribution in [1.82, 2.24) is 0 Å². The first-order valence-electron chi connectivity index (χ1n) is 5.00. The molecule has 2 N–H and O–H groups in total. The van der Waals surface area contributed by atoms with E-state index in [4.69, 9.17) is 5.73 Å². The Morgan fingerprint density at radius 3 is 2.87 bits per heavy atom. The largest absolute Gasteiger partial charge is 0.326 e. The first-order valence-corrected chi connectivity index (χ1v) is 5.00. The molecular formula is C13H16ClN. The van der Waals surface area contributed by atoms with E-state index in [1.54, 1.807) is 0 Å². The third-order valence-electron chi connectivity index (χ3n) is 2.74. The van der Waals surface area contributed by atoms with E-state index in [1.165, 1.54) is 22.3 Å². The van der Waals surface area contributed by atoms with Gasteiger partial charge in [-0.25, -0.2) is 0 Å². The highest BCUT2D eigenvalue weighted by atomic mass is 35.5. The number of fused-ring (bicyclic) bond motifs is 1. The second-order valence-electron chi connectivity index (χ2n) is 3.59. The molecule has 0 unspecified atom stereocenters. The standard InChI is InChI=1S/C13H15N.ClH/c1-2-10-6-7-13-11(8-10)4-3-5-12(13)9-14;/h2,5-8H,1,3-4,9,14H2;1H. The zero-order valence-electron chi connectivity index (χ0n) is 8.70. The Morgan fingerprint density at radius 1 is 1.40 bits per heavy atom. The average Bonchev–Trinajstić information content (AvgIpc) is 2.27. The molecule has 1 aromatic rings. The van der Waals surface area contributed by atoms with Crippen LogP contribution in [0.5, 0.6) is 0 Å². The third-order valence-corrected chi connectivity index (χ3v) is 2.74. The van der Waals surface area contributed by atoms with Gasteiger partial charge in [0.15, 0.2) is 0 Å². The molecule has 0 aromatic heterocycles. The fourth-order valence-electron chi connectivity index (χ4n) is 1.97. The topological polar surface area (TPSA) is 26.0 Å². The summed E-state index contributed by atoms with van der Waals surface area (Å²) in [6.45, 7) is 4.42. The van der Waals surface area contributed by atoms with Crippen molar-refractivity contribution < 1.29 is 0 Å². The average molecular weight is 222 g/mol. The van der Waals surface area contributed by atoms with Crippen molar-refractivity contribution in [3.8, 4) is 0 Å². The number of rotatable bonds is 2. The fraction of sp³-hybridized carbons (Fsp3) is 0.231. The van der Waals surface area contributed by atoms with Gasteiger partial charge in [0.1, 0.15) is 0 Å². The molecule has 0 bridgehead atoms. The second-order valence-corrected chi connectivity index (χ2v) is 3.59. The van der Waals surface area contributed by atoms with E-state index in [-0.39, 0.29) is 12.4 Å². The zero-order chi connectivity index (χ0) is 9.97. The van der Waals surface area contributed by atoms with E-state index < -0.39 is 0 Å². The lowest BCUT2D eigenvalue weighted by molar-refractivity contribution is 0.966. The first kappa shape index (κ1) is 12.0. The normalized spacial score (nSPS) is 13.5. The van der Waals surface area contributed by atoms with Crippen LogP contribution in [-0.4, -0.2) is 6.54 Å². The lowest BCUT2D eigenvalue weighted by Gasteiger charge is -2.17. The molecule has 0 amide bonds. The molecule has 15 heavy (non-hydrogen) atoms. The number of allylic oxidation sites excluding steroid dienone is 1. The quantitative estimate of drug-likeness (QED) is 0.816. The fourth-order valence-corrected chi connectivity index (χ4v) is 1.97. The van der Waals surface area contributed by atoms with Gasteiger partial charge >= 0.3 is 0 Å². The molecule has 0 aliphatic heterocycles. The Hall–Kier alpha value is -1.05. The summed E-state index contributed by atoms with van der Waals surface area (Å²) < 4.78 is 0. The van der Waals surface area contributed by atoms with Crippen LogP contribution in [0.3, 0.4) is 0 Å². The van der Waals surface area contributed by atoms with Gasteiger partial charge in [-0.2, -0.15) is 0 Å². The summed E-state index contributed by atoms with van der Waals surface area (Å²) >= 11 is 0. The summed E-state index contributed by atoms with van der Waals surface area (Å²) in [6.07, 6.45) is 6.37. The van der Waals surface area contributed by atoms with Crippen LogP contribution in [0.1, 0.15) is 23.1 Å². The highest BCUT2D eigenvalue weighted by Crippen LogP contribution is 2.26. The molecular weight excluding hydrogens is 206 g/mol. The van der Waals surface area contributed by atoms with E-state index >= 15 is 0 Å². The van der Waals surface area contributed by atoms with E-state index in [9.17, 15) is 0 Å². The maximum absolute atomic E-state index is 5.70. The Labute approximate surface area is 97.1 Å². The Bertz CT molecular complexity index is 394. The first-order chi connectivity index (χ1) is 6.85. The third kappa shape index (κ3) is 2.31. The molecule has 0 spiro atoms. The lowest BCUT2D eigenvalue weighted by atomic mass is 9.89. The molecule has 0 saturated heterocycles. The van der Waals surface area contributed by atoms with Crippen LogP contribution in [0.4, 0.5) is 0 Å². The number of hydrogen-bond acceptors (Lipinski definition) is 1. The van der Waals surface area contributed by atoms with Gasteiger partial charge in [0.05, 0.1) is 0 Å². The van der Waals surface area contributed by atoms with E-state index in [0.29, 0.717) is 6.54 Å². The Balaban J connectivity index is 0.00000112. The van der Waals surface area contributed by atoms with Crippen LogP contribution in [0.15, 0.2) is 30.9 Å². The number of aryl methyl sites for hydroxylation is 1. The van der Waals surface area contributed by atoms with Gasteiger partial charge in [0.2, 0.25) is 0 Å². The summed E-state index contributed by atoms with van der Waals surface area (Å²) in [5.41, 5.74) is 10.9. The molecule has 1 nitrogen and oxygen atoms in total. The summed E-state index contributed by atoms with van der Waals surface area (Å²) in [6, 6.07) is 6.47. The van der Waals surface area contributed by atoms with Gasteiger partial charge < -0.3 is 5.73 Å². The summed E-state index contributed by atoms with van der Waals surface area (Å²) in [7, 11) is 0. The minimum Gasteiger partial charge on any atom is -0.326 e. The maximum atomic E-state index is 5.70. The van der Waals surface area contributed by atoms with Gasteiger partial charge in [-0.3, -0.25) is 0 Å². The van der Waals surface area contributed by atoms with Crippen molar-refractivity contribution in [2.75, 3.05) is 6.54 Å². The smallest absolute Gasteiger partial charge is 0.0181 e. The molecule has 1 aliphatic carbocycles. The number of benzene rings is 1. The molecule has 2 rings (SSSR count). The van der Waals surface area contributed by atoms with Gasteiger partial charge in [-0.1, -0.05) is 36.9 Å². The SMILES string of the molecule is C=Cc1ccc2c(c1)CCC=C2CN.Cl. The van der Waals surface area contributed by atoms with Gasteiger partial charge in [0.25, 0.3) is 0 Å². The second kappa shape index (κ2) is 5.15. The molecule has 2 heteroatoms. The van der Waals surface area contributed by atoms with E-state index in [1.807, 2.05) is 6.08 Å². The lowest BCUT2D eigenvalue weighted by Crippen LogP contribution is -2.08. The number of hydrogen-bond donors (Lipinski definition) is 1. The zero-order valence-corrected chi connectivity index (χ0v) is 9.52. The van der Waals surface area contributed by atoms with E-state index in [2.05, 4.69) is 30.9 Å². The monoisotopic (exact) mass is 221 g/mol. The van der Waals surface area contributed by atoms with Crippen LogP contribution in [0.2, 0.25) is 0 Å². The highest BCUT2D eigenvalue weighted by molar-refractivity contribution is 5.85. The van der Waals surface area contributed by atoms with Crippen molar-refractivity contribution in [3.05, 3.63) is 47.5 Å². The number of halogens is 1. The predicted octanol–water partition coefficient (Wildman–Crippen LogP) is 3.04. The van der Waals surface area contributed by atoms with Crippen molar-refractivity contribution in [2.45, 2.75) is 12.8 Å². The van der Waals surface area contributed by atoms with Crippen LogP contribution in [-0.2, 0) is 6.42 Å². The van der Waals surface area contributed by atoms with Gasteiger partial charge in [-0.15, -0.1) is 12.4 Å². The van der Waals surface area contributed by atoms with Gasteiger partial charge in [-0.05, 0) is 35.1 Å². The predicted molar refractivity (Wildman–Crippen MR) is 69.1 cm³/mol. The molecule has 0 saturated carbocycles. The van der Waals surface area contributed by atoms with Crippen LogP contribution in [0.25, 0.3) is 11.6 Å². The minimum absolute atomic E-state index is 0. The van der Waals surface area contributed by atoms with Crippen LogP contribution in [0, 0.1) is 0 Å². The summed E-state index contributed by atoms with van der Waals surface area (Å²) in [5.74, 6) is 0. The molecule has 80 valence electrons. The Kier molecular flexibility index (Phi) is 4.13. The van der Waals surface area contributed by atoms with Crippen LogP contribution >= 0.6 is 12.4 Å². The van der Waals surface area contributed by atoms with Crippen molar-refractivity contribution in [3.63, 3.8) is 0 Å². The summed E-state index contributed by atoms with van der Waals surface area (Å²) in [4.78, 5) is 0. The maximum Gasteiger partial charge on any atom is 0.0181 e. The highest BCUT2D eigenvalue weighted by Gasteiger charge is 2.10. The molecule has 0 fully saturated rings. The summed E-state index contributed by atoms with van der Waals surface area (Å²) in [5, 5.41) is 0. The molecule has 1 aromatic carbocycles. The van der Waals surface area contributed by atoms with Crippen LogP contribution < -0.4 is 5.73 Å². The minimum atomic E-state index is 0. The molecule has 1 aliphatic rings. The molecule has 0 heterocycles. The van der Waals surface area contributed by atoms with Crippen molar-refractivity contribution in [1.29, 1.82) is 0 Å². The van der Waals surface area contributed by atoms with Crippen molar-refractivity contribution >= 4 is 24.1 Å².